The number of allylic oxidation sites excluding steroid dienone is 5. The van der Waals surface area contributed by atoms with Crippen molar-refractivity contribution in [3.8, 4) is 0 Å². The van der Waals surface area contributed by atoms with Crippen molar-refractivity contribution >= 4 is 17.7 Å². The zero-order valence-corrected chi connectivity index (χ0v) is 20.6. The molecule has 10 heteroatoms. The average molecular weight is 511 g/mol. The molecular weight excluding hydrogens is 472 g/mol. The van der Waals surface area contributed by atoms with E-state index in [2.05, 4.69) is 11.7 Å². The SMILES string of the molecule is CCCCC[C@H](O)/C=C/C1=C(C/C=C\CCCC(=O)O)C(=O)CC1.O=C1O[C@H]([C@@H](O)CO)C(O)=C1O. The molecule has 0 unspecified atom stereocenters. The molecule has 10 nitrogen and oxygen atoms in total. The summed E-state index contributed by atoms with van der Waals surface area (Å²) < 4.78 is 4.32. The fraction of sp³-hybridized carbons (Fsp3) is 0.577. The van der Waals surface area contributed by atoms with E-state index in [9.17, 15) is 19.5 Å². The number of ketones is 1. The fourth-order valence-corrected chi connectivity index (χ4v) is 3.60. The van der Waals surface area contributed by atoms with Crippen molar-refractivity contribution in [3.05, 3.63) is 47.0 Å². The van der Waals surface area contributed by atoms with Crippen molar-refractivity contribution < 1.29 is 49.8 Å². The molecule has 1 aliphatic heterocycles. The Kier molecular flexibility index (Phi) is 14.4. The fourth-order valence-electron chi connectivity index (χ4n) is 3.60. The number of hydrogen-bond donors (Lipinski definition) is 6. The second kappa shape index (κ2) is 16.7. The number of aliphatic carboxylic acids is 1. The number of carboxylic acid groups (broad SMARTS) is 1. The lowest BCUT2D eigenvalue weighted by Gasteiger charge is -2.13. The number of carbonyl (C=O) groups is 3. The Labute approximate surface area is 210 Å². The van der Waals surface area contributed by atoms with E-state index in [1.807, 2.05) is 18.2 Å². The largest absolute Gasteiger partial charge is 0.505 e. The average Bonchev–Trinajstić information content (AvgIpc) is 3.33. The Balaban J connectivity index is 0.000000450. The van der Waals surface area contributed by atoms with E-state index in [1.165, 1.54) is 0 Å². The van der Waals surface area contributed by atoms with Gasteiger partial charge in [0.05, 0.1) is 12.7 Å². The van der Waals surface area contributed by atoms with Crippen LogP contribution in [0.1, 0.15) is 71.1 Å². The van der Waals surface area contributed by atoms with Crippen LogP contribution in [0.25, 0.3) is 0 Å². The van der Waals surface area contributed by atoms with E-state index < -0.39 is 48.4 Å². The molecular formula is C26H38O10. The van der Waals surface area contributed by atoms with E-state index in [1.54, 1.807) is 6.08 Å². The van der Waals surface area contributed by atoms with Crippen LogP contribution in [0.2, 0.25) is 0 Å². The van der Waals surface area contributed by atoms with Crippen molar-refractivity contribution in [3.63, 3.8) is 0 Å². The van der Waals surface area contributed by atoms with E-state index in [-0.39, 0.29) is 12.2 Å². The van der Waals surface area contributed by atoms with Gasteiger partial charge in [-0.25, -0.2) is 4.79 Å². The molecule has 1 heterocycles. The predicted molar refractivity (Wildman–Crippen MR) is 131 cm³/mol. The Morgan fingerprint density at radius 3 is 2.42 bits per heavy atom. The molecule has 0 spiro atoms. The molecule has 0 saturated heterocycles. The monoisotopic (exact) mass is 510 g/mol. The highest BCUT2D eigenvalue weighted by molar-refractivity contribution is 5.99. The molecule has 0 radical (unpaired) electrons. The number of aliphatic hydroxyl groups excluding tert-OH is 5. The van der Waals surface area contributed by atoms with E-state index in [0.717, 1.165) is 49.7 Å². The standard InChI is InChI=1S/C20H30O4.C6H8O6/c1-2-3-6-9-17(21)14-12-16-13-15-19(22)18(16)10-7-4-5-8-11-20(23)24;7-1-2(8)5-3(9)4(10)6(11)12-5/h4,7,12,14,17,21H,2-3,5-6,8-11,13,15H2,1H3,(H,23,24);2,5,7-10H,1H2/b7-4-,14-12+;/t17-;2-,5+/m00/s1. The maximum Gasteiger partial charge on any atom is 0.377 e. The first kappa shape index (κ1) is 31.1. The van der Waals surface area contributed by atoms with Crippen LogP contribution < -0.4 is 0 Å². The molecule has 6 N–H and O–H groups in total. The number of aliphatic hydroxyl groups is 5. The van der Waals surface area contributed by atoms with Gasteiger partial charge in [0.15, 0.2) is 17.6 Å². The van der Waals surface area contributed by atoms with Gasteiger partial charge in [0.25, 0.3) is 0 Å². The second-order valence-corrected chi connectivity index (χ2v) is 8.62. The molecule has 0 aromatic heterocycles. The quantitative estimate of drug-likeness (QED) is 0.115. The third-order valence-electron chi connectivity index (χ3n) is 5.69. The molecule has 2 rings (SSSR count). The van der Waals surface area contributed by atoms with Gasteiger partial charge in [-0.05, 0) is 37.7 Å². The van der Waals surface area contributed by atoms with Gasteiger partial charge in [0, 0.05) is 18.4 Å². The number of carbonyl (C=O) groups excluding carboxylic acids is 2. The molecule has 2 aliphatic rings. The van der Waals surface area contributed by atoms with Gasteiger partial charge < -0.3 is 35.4 Å². The number of carboxylic acids is 1. The van der Waals surface area contributed by atoms with Crippen LogP contribution in [-0.4, -0.2) is 73.3 Å². The Morgan fingerprint density at radius 2 is 1.83 bits per heavy atom. The van der Waals surface area contributed by atoms with Crippen molar-refractivity contribution in [2.45, 2.75) is 89.4 Å². The number of unbranched alkanes of at least 4 members (excludes halogenated alkanes) is 3. The number of Topliss-reactive ketones (excluding diaryl/α,β-unsaturated/α-hetero) is 1. The second-order valence-electron chi connectivity index (χ2n) is 8.62. The predicted octanol–water partition coefficient (Wildman–Crippen LogP) is 2.94. The highest BCUT2D eigenvalue weighted by Crippen LogP contribution is 2.27. The summed E-state index contributed by atoms with van der Waals surface area (Å²) in [7, 11) is 0. The number of ether oxygens (including phenoxy) is 1. The first-order valence-electron chi connectivity index (χ1n) is 12.2. The summed E-state index contributed by atoms with van der Waals surface area (Å²) in [5, 5.41) is 53.6. The topological polar surface area (TPSA) is 182 Å². The van der Waals surface area contributed by atoms with Crippen LogP contribution in [0.15, 0.2) is 47.0 Å². The van der Waals surface area contributed by atoms with Crippen LogP contribution in [-0.2, 0) is 19.1 Å². The highest BCUT2D eigenvalue weighted by atomic mass is 16.6. The summed E-state index contributed by atoms with van der Waals surface area (Å²) in [5.74, 6) is -3.37. The van der Waals surface area contributed by atoms with Crippen molar-refractivity contribution in [2.75, 3.05) is 6.61 Å². The molecule has 0 saturated carbocycles. The lowest BCUT2D eigenvalue weighted by atomic mass is 10.0. The van der Waals surface area contributed by atoms with Gasteiger partial charge in [-0.15, -0.1) is 0 Å². The van der Waals surface area contributed by atoms with Gasteiger partial charge in [-0.2, -0.15) is 0 Å². The molecule has 0 amide bonds. The number of hydrogen-bond acceptors (Lipinski definition) is 9. The Bertz CT molecular complexity index is 868. The summed E-state index contributed by atoms with van der Waals surface area (Å²) in [6.45, 7) is 1.47. The summed E-state index contributed by atoms with van der Waals surface area (Å²) in [4.78, 5) is 32.9. The Hall–Kier alpha value is -2.95. The van der Waals surface area contributed by atoms with E-state index >= 15 is 0 Å². The van der Waals surface area contributed by atoms with Crippen LogP contribution in [0, 0.1) is 0 Å². The number of cyclic esters (lactones) is 1. The lowest BCUT2D eigenvalue weighted by Crippen LogP contribution is -2.31. The third kappa shape index (κ3) is 10.8. The Morgan fingerprint density at radius 1 is 1.11 bits per heavy atom. The molecule has 36 heavy (non-hydrogen) atoms. The first-order chi connectivity index (χ1) is 17.1. The minimum absolute atomic E-state index is 0.176. The van der Waals surface area contributed by atoms with Crippen LogP contribution in [0.3, 0.4) is 0 Å². The van der Waals surface area contributed by atoms with Crippen molar-refractivity contribution in [2.24, 2.45) is 0 Å². The third-order valence-corrected chi connectivity index (χ3v) is 5.69. The molecule has 3 atom stereocenters. The van der Waals surface area contributed by atoms with E-state index in [4.69, 9.17) is 25.5 Å². The minimum Gasteiger partial charge on any atom is -0.505 e. The van der Waals surface area contributed by atoms with Crippen molar-refractivity contribution in [1.29, 1.82) is 0 Å². The van der Waals surface area contributed by atoms with Gasteiger partial charge >= 0.3 is 11.9 Å². The summed E-state index contributed by atoms with van der Waals surface area (Å²) >= 11 is 0. The zero-order valence-electron chi connectivity index (χ0n) is 20.6. The summed E-state index contributed by atoms with van der Waals surface area (Å²) in [5.41, 5.74) is 1.87. The molecule has 1 aliphatic carbocycles. The normalized spacial score (nSPS) is 19.7. The first-order valence-corrected chi connectivity index (χ1v) is 12.2. The summed E-state index contributed by atoms with van der Waals surface area (Å²) in [6.07, 6.45) is 11.9. The zero-order chi connectivity index (χ0) is 27.1. The number of esters is 1. The molecule has 202 valence electrons. The van der Waals surface area contributed by atoms with Crippen LogP contribution in [0.4, 0.5) is 0 Å². The maximum absolute atomic E-state index is 12.0. The molecule has 0 fully saturated rings. The molecule has 0 bridgehead atoms. The lowest BCUT2D eigenvalue weighted by molar-refractivity contribution is -0.147. The van der Waals surface area contributed by atoms with Crippen molar-refractivity contribution in [1.82, 2.24) is 0 Å². The van der Waals surface area contributed by atoms with Gasteiger partial charge in [-0.3, -0.25) is 9.59 Å². The van der Waals surface area contributed by atoms with Crippen LogP contribution >= 0.6 is 0 Å². The maximum atomic E-state index is 12.0. The highest BCUT2D eigenvalue weighted by Gasteiger charge is 2.38. The molecule has 0 aromatic carbocycles. The number of rotatable bonds is 14. The smallest absolute Gasteiger partial charge is 0.377 e. The minimum atomic E-state index is -1.42. The van der Waals surface area contributed by atoms with Gasteiger partial charge in [0.2, 0.25) is 5.76 Å². The van der Waals surface area contributed by atoms with Crippen LogP contribution in [0.5, 0.6) is 0 Å². The van der Waals surface area contributed by atoms with Gasteiger partial charge in [-0.1, -0.05) is 50.5 Å². The summed E-state index contributed by atoms with van der Waals surface area (Å²) in [6, 6.07) is 0. The van der Waals surface area contributed by atoms with E-state index in [0.29, 0.717) is 19.3 Å². The molecule has 0 aromatic rings. The van der Waals surface area contributed by atoms with Gasteiger partial charge in [0.1, 0.15) is 6.10 Å².